The summed E-state index contributed by atoms with van der Waals surface area (Å²) in [6.07, 6.45) is 7.60. The number of nitrogens with two attached hydrogens (primary N) is 1. The number of nitrogens with one attached hydrogen (secondary N) is 1. The summed E-state index contributed by atoms with van der Waals surface area (Å²) in [5.74, 6) is 0.982. The highest BCUT2D eigenvalue weighted by molar-refractivity contribution is 5.46. The number of nitrogens with zero attached hydrogens (tertiary/aromatic N) is 2. The van der Waals surface area contributed by atoms with Gasteiger partial charge in [-0.2, -0.15) is 0 Å². The van der Waals surface area contributed by atoms with Gasteiger partial charge in [0.15, 0.2) is 0 Å². The molecule has 1 aromatic rings. The molecule has 0 atom stereocenters. The van der Waals surface area contributed by atoms with Gasteiger partial charge in [-0.05, 0) is 39.5 Å². The average Bonchev–Trinajstić information content (AvgIpc) is 2.50. The first kappa shape index (κ1) is 12.3. The average molecular weight is 234 g/mol. The summed E-state index contributed by atoms with van der Waals surface area (Å²) in [6.45, 7) is 4.76. The molecule has 17 heavy (non-hydrogen) atoms. The van der Waals surface area contributed by atoms with Crippen molar-refractivity contribution in [2.75, 3.05) is 11.9 Å². The summed E-state index contributed by atoms with van der Waals surface area (Å²) in [7, 11) is 0. The summed E-state index contributed by atoms with van der Waals surface area (Å²) in [6, 6.07) is 0. The molecule has 0 amide bonds. The lowest BCUT2D eigenvalue weighted by molar-refractivity contribution is 0.548. The van der Waals surface area contributed by atoms with Gasteiger partial charge in [-0.1, -0.05) is 6.42 Å². The largest absolute Gasteiger partial charge is 0.368 e. The van der Waals surface area contributed by atoms with Crippen molar-refractivity contribution in [3.63, 3.8) is 0 Å². The molecule has 1 heterocycles. The highest BCUT2D eigenvalue weighted by Gasteiger charge is 2.16. The smallest absolute Gasteiger partial charge is 0.132 e. The van der Waals surface area contributed by atoms with Crippen LogP contribution in [0.5, 0.6) is 0 Å². The minimum absolute atomic E-state index is 0.220. The molecule has 0 aliphatic heterocycles. The molecule has 4 heteroatoms. The molecule has 1 aromatic heterocycles. The molecule has 0 spiro atoms. The fraction of sp³-hybridized carbons (Fsp3) is 0.692. The highest BCUT2D eigenvalue weighted by Crippen LogP contribution is 2.23. The standard InChI is InChI=1S/C13H22N4/c1-13(2,14)8-15-12-10-6-4-3-5-7-11(10)16-9-17-12/h9H,3-8,14H2,1-2H3,(H,15,16,17). The fourth-order valence-corrected chi connectivity index (χ4v) is 2.16. The fourth-order valence-electron chi connectivity index (χ4n) is 2.16. The number of aromatic nitrogens is 2. The van der Waals surface area contributed by atoms with Gasteiger partial charge >= 0.3 is 0 Å². The Labute approximate surface area is 103 Å². The molecular formula is C13H22N4. The molecule has 0 saturated carbocycles. The highest BCUT2D eigenvalue weighted by atomic mass is 15.0. The van der Waals surface area contributed by atoms with Crippen LogP contribution in [-0.4, -0.2) is 22.1 Å². The Kier molecular flexibility index (Phi) is 3.62. The molecule has 1 aliphatic carbocycles. The van der Waals surface area contributed by atoms with Crippen molar-refractivity contribution in [1.82, 2.24) is 9.97 Å². The van der Waals surface area contributed by atoms with Gasteiger partial charge in [-0.25, -0.2) is 9.97 Å². The zero-order chi connectivity index (χ0) is 12.3. The van der Waals surface area contributed by atoms with Crippen LogP contribution in [0.1, 0.15) is 44.4 Å². The van der Waals surface area contributed by atoms with Gasteiger partial charge in [-0.15, -0.1) is 0 Å². The van der Waals surface area contributed by atoms with Crippen LogP contribution >= 0.6 is 0 Å². The zero-order valence-electron chi connectivity index (χ0n) is 10.8. The van der Waals surface area contributed by atoms with Crippen molar-refractivity contribution in [3.05, 3.63) is 17.6 Å². The number of hydrogen-bond acceptors (Lipinski definition) is 4. The van der Waals surface area contributed by atoms with E-state index in [0.717, 1.165) is 25.2 Å². The summed E-state index contributed by atoms with van der Waals surface area (Å²) in [5, 5.41) is 3.36. The van der Waals surface area contributed by atoms with E-state index in [9.17, 15) is 0 Å². The van der Waals surface area contributed by atoms with E-state index in [1.165, 1.54) is 30.5 Å². The number of fused-ring (bicyclic) bond motifs is 1. The van der Waals surface area contributed by atoms with Gasteiger partial charge in [0.05, 0.1) is 0 Å². The van der Waals surface area contributed by atoms with E-state index < -0.39 is 0 Å². The molecule has 2 rings (SSSR count). The van der Waals surface area contributed by atoms with E-state index in [4.69, 9.17) is 5.73 Å². The Bertz CT molecular complexity index is 381. The lowest BCUT2D eigenvalue weighted by Gasteiger charge is -2.21. The third-order valence-electron chi connectivity index (χ3n) is 3.09. The molecule has 0 aromatic carbocycles. The Balaban J connectivity index is 2.17. The third-order valence-corrected chi connectivity index (χ3v) is 3.09. The van der Waals surface area contributed by atoms with Crippen LogP contribution in [0.25, 0.3) is 0 Å². The number of rotatable bonds is 3. The van der Waals surface area contributed by atoms with Crippen molar-refractivity contribution < 1.29 is 0 Å². The topological polar surface area (TPSA) is 63.8 Å². The molecule has 0 saturated heterocycles. The van der Waals surface area contributed by atoms with Crippen LogP contribution < -0.4 is 11.1 Å². The maximum atomic E-state index is 5.98. The SMILES string of the molecule is CC(C)(N)CNc1ncnc2c1CCCCC2. The van der Waals surface area contributed by atoms with Crippen molar-refractivity contribution in [2.24, 2.45) is 5.73 Å². The lowest BCUT2D eigenvalue weighted by atomic mass is 10.1. The first-order chi connectivity index (χ1) is 8.06. The molecular weight excluding hydrogens is 212 g/mol. The van der Waals surface area contributed by atoms with Crippen LogP contribution in [0.15, 0.2) is 6.33 Å². The van der Waals surface area contributed by atoms with Crippen LogP contribution in [-0.2, 0) is 12.8 Å². The van der Waals surface area contributed by atoms with Gasteiger partial charge in [0, 0.05) is 23.3 Å². The van der Waals surface area contributed by atoms with E-state index >= 15 is 0 Å². The molecule has 4 nitrogen and oxygen atoms in total. The van der Waals surface area contributed by atoms with Crippen molar-refractivity contribution in [1.29, 1.82) is 0 Å². The second-order valence-corrected chi connectivity index (χ2v) is 5.55. The number of anilines is 1. The number of aryl methyl sites for hydroxylation is 1. The maximum absolute atomic E-state index is 5.98. The summed E-state index contributed by atoms with van der Waals surface area (Å²) in [5.41, 5.74) is 8.28. The quantitative estimate of drug-likeness (QED) is 0.784. The Morgan fingerprint density at radius 3 is 2.76 bits per heavy atom. The lowest BCUT2D eigenvalue weighted by Crippen LogP contribution is -2.40. The van der Waals surface area contributed by atoms with Gasteiger partial charge in [0.2, 0.25) is 0 Å². The zero-order valence-corrected chi connectivity index (χ0v) is 10.8. The van der Waals surface area contributed by atoms with Crippen molar-refractivity contribution >= 4 is 5.82 Å². The normalized spacial score (nSPS) is 16.2. The van der Waals surface area contributed by atoms with Crippen LogP contribution in [0.3, 0.4) is 0 Å². The van der Waals surface area contributed by atoms with Gasteiger partial charge < -0.3 is 11.1 Å². The van der Waals surface area contributed by atoms with Crippen LogP contribution in [0.4, 0.5) is 5.82 Å². The van der Waals surface area contributed by atoms with Crippen molar-refractivity contribution in [3.8, 4) is 0 Å². The van der Waals surface area contributed by atoms with Crippen LogP contribution in [0.2, 0.25) is 0 Å². The van der Waals surface area contributed by atoms with E-state index in [1.807, 2.05) is 13.8 Å². The van der Waals surface area contributed by atoms with E-state index in [2.05, 4.69) is 15.3 Å². The Morgan fingerprint density at radius 1 is 1.24 bits per heavy atom. The molecule has 0 bridgehead atoms. The predicted octanol–water partition coefficient (Wildman–Crippen LogP) is 1.89. The molecule has 1 aliphatic rings. The maximum Gasteiger partial charge on any atom is 0.132 e. The van der Waals surface area contributed by atoms with E-state index in [1.54, 1.807) is 6.33 Å². The minimum atomic E-state index is -0.220. The van der Waals surface area contributed by atoms with Crippen molar-refractivity contribution in [2.45, 2.75) is 51.5 Å². The molecule has 0 unspecified atom stereocenters. The second-order valence-electron chi connectivity index (χ2n) is 5.55. The van der Waals surface area contributed by atoms with E-state index in [-0.39, 0.29) is 5.54 Å². The molecule has 94 valence electrons. The first-order valence-electron chi connectivity index (χ1n) is 6.42. The summed E-state index contributed by atoms with van der Waals surface area (Å²) in [4.78, 5) is 8.76. The minimum Gasteiger partial charge on any atom is -0.368 e. The molecule has 0 fully saturated rings. The Morgan fingerprint density at radius 2 is 2.00 bits per heavy atom. The second kappa shape index (κ2) is 5.00. The van der Waals surface area contributed by atoms with E-state index in [0.29, 0.717) is 0 Å². The third kappa shape index (κ3) is 3.40. The molecule has 0 radical (unpaired) electrons. The van der Waals surface area contributed by atoms with Gasteiger partial charge in [0.25, 0.3) is 0 Å². The van der Waals surface area contributed by atoms with Gasteiger partial charge in [0.1, 0.15) is 12.1 Å². The first-order valence-corrected chi connectivity index (χ1v) is 6.42. The summed E-state index contributed by atoms with van der Waals surface area (Å²) < 4.78 is 0. The Hall–Kier alpha value is -1.16. The van der Waals surface area contributed by atoms with Gasteiger partial charge in [-0.3, -0.25) is 0 Å². The predicted molar refractivity (Wildman–Crippen MR) is 70.0 cm³/mol. The number of hydrogen-bond donors (Lipinski definition) is 2. The van der Waals surface area contributed by atoms with Crippen LogP contribution in [0, 0.1) is 0 Å². The molecule has 3 N–H and O–H groups in total. The summed E-state index contributed by atoms with van der Waals surface area (Å²) >= 11 is 0. The monoisotopic (exact) mass is 234 g/mol.